The van der Waals surface area contributed by atoms with Crippen molar-refractivity contribution < 1.29 is 0 Å². The van der Waals surface area contributed by atoms with E-state index in [1.807, 2.05) is 0 Å². The van der Waals surface area contributed by atoms with Crippen LogP contribution in [0.2, 0.25) is 0 Å². The second-order valence-corrected chi connectivity index (χ2v) is 4.02. The molecule has 1 aliphatic rings. The summed E-state index contributed by atoms with van der Waals surface area (Å²) in [7, 11) is 0. The minimum absolute atomic E-state index is 0.978. The Kier molecular flexibility index (Phi) is 6.52. The zero-order valence-corrected chi connectivity index (χ0v) is 9.57. The van der Waals surface area contributed by atoms with Gasteiger partial charge in [0.15, 0.2) is 0 Å². The van der Waals surface area contributed by atoms with Crippen molar-refractivity contribution in [1.29, 1.82) is 0 Å². The molecule has 15 heavy (non-hydrogen) atoms. The Morgan fingerprint density at radius 1 is 0.667 bits per heavy atom. The van der Waals surface area contributed by atoms with E-state index in [-0.39, 0.29) is 0 Å². The zero-order chi connectivity index (χ0) is 10.8. The molecule has 0 nitrogen and oxygen atoms in total. The average Bonchev–Trinajstić information content (AvgIpc) is 2.24. The third kappa shape index (κ3) is 6.87. The van der Waals surface area contributed by atoms with E-state index in [0.717, 1.165) is 38.5 Å². The van der Waals surface area contributed by atoms with Gasteiger partial charge in [-0.15, -0.1) is 23.7 Å². The van der Waals surface area contributed by atoms with E-state index in [2.05, 4.69) is 30.3 Å². The fraction of sp³-hybridized carbons (Fsp3) is 0.600. The molecule has 0 N–H and O–H groups in total. The maximum absolute atomic E-state index is 4.05. The lowest BCUT2D eigenvalue weighted by molar-refractivity contribution is 0.708. The molecule has 0 aromatic heterocycles. The Bertz CT molecular complexity index is 270. The van der Waals surface area contributed by atoms with Crippen molar-refractivity contribution in [2.45, 2.75) is 57.8 Å². The summed E-state index contributed by atoms with van der Waals surface area (Å²) in [5, 5.41) is 0. The summed E-state index contributed by atoms with van der Waals surface area (Å²) in [6.45, 7) is 4.05. The molecule has 0 aromatic rings. The smallest absolute Gasteiger partial charge is 0.0126 e. The van der Waals surface area contributed by atoms with Crippen molar-refractivity contribution in [1.82, 2.24) is 0 Å². The van der Waals surface area contributed by atoms with Gasteiger partial charge in [0.2, 0.25) is 0 Å². The van der Waals surface area contributed by atoms with Gasteiger partial charge < -0.3 is 0 Å². The van der Waals surface area contributed by atoms with Crippen LogP contribution in [0.4, 0.5) is 0 Å². The summed E-state index contributed by atoms with van der Waals surface area (Å²) in [5.74, 6) is 12.9. The lowest BCUT2D eigenvalue weighted by atomic mass is 10.1. The molecule has 0 unspecified atom stereocenters. The van der Waals surface area contributed by atoms with E-state index in [9.17, 15) is 0 Å². The third-order valence-corrected chi connectivity index (χ3v) is 2.56. The van der Waals surface area contributed by atoms with Crippen LogP contribution in [0.1, 0.15) is 57.8 Å². The second-order valence-electron chi connectivity index (χ2n) is 4.02. The van der Waals surface area contributed by atoms with Gasteiger partial charge in [0.1, 0.15) is 0 Å². The van der Waals surface area contributed by atoms with Crippen molar-refractivity contribution >= 4 is 0 Å². The summed E-state index contributed by atoms with van der Waals surface area (Å²) in [5.41, 5.74) is 1.30. The first-order valence-corrected chi connectivity index (χ1v) is 5.97. The van der Waals surface area contributed by atoms with Crippen LogP contribution in [0.15, 0.2) is 12.2 Å². The SMILES string of the molecule is C=C1CCC#CCCCCCC#CCC1. The molecule has 80 valence electrons. The average molecular weight is 200 g/mol. The predicted octanol–water partition coefficient (Wildman–Crippen LogP) is 4.07. The fourth-order valence-corrected chi connectivity index (χ4v) is 1.56. The molecule has 1 rings (SSSR count). The molecule has 0 heterocycles. The Hall–Kier alpha value is -1.14. The van der Waals surface area contributed by atoms with Crippen LogP contribution in [-0.2, 0) is 0 Å². The van der Waals surface area contributed by atoms with Crippen LogP contribution in [-0.4, -0.2) is 0 Å². The van der Waals surface area contributed by atoms with Gasteiger partial charge in [-0.1, -0.05) is 18.6 Å². The Balaban J connectivity index is 2.35. The van der Waals surface area contributed by atoms with Gasteiger partial charge in [0.05, 0.1) is 0 Å². The first-order chi connectivity index (χ1) is 7.39. The molecule has 0 amide bonds. The Labute approximate surface area is 94.2 Å². The van der Waals surface area contributed by atoms with Gasteiger partial charge in [-0.25, -0.2) is 0 Å². The van der Waals surface area contributed by atoms with Crippen molar-refractivity contribution in [2.75, 3.05) is 0 Å². The highest BCUT2D eigenvalue weighted by molar-refractivity contribution is 5.07. The first-order valence-electron chi connectivity index (χ1n) is 5.97. The maximum atomic E-state index is 4.05. The highest BCUT2D eigenvalue weighted by Crippen LogP contribution is 2.09. The highest BCUT2D eigenvalue weighted by Gasteiger charge is 1.92. The molecule has 0 radical (unpaired) electrons. The molecule has 0 saturated carbocycles. The number of rotatable bonds is 0. The summed E-state index contributed by atoms with van der Waals surface area (Å²) >= 11 is 0. The molecule has 0 atom stereocenters. The molecule has 0 aliphatic heterocycles. The lowest BCUT2D eigenvalue weighted by Gasteiger charge is -1.99. The number of hydrogen-bond donors (Lipinski definition) is 0. The van der Waals surface area contributed by atoms with Gasteiger partial charge in [-0.3, -0.25) is 0 Å². The van der Waals surface area contributed by atoms with Gasteiger partial charge in [-0.2, -0.15) is 0 Å². The maximum Gasteiger partial charge on any atom is 0.0126 e. The Morgan fingerprint density at radius 3 is 1.67 bits per heavy atom. The molecule has 0 heteroatoms. The topological polar surface area (TPSA) is 0 Å². The van der Waals surface area contributed by atoms with Gasteiger partial charge >= 0.3 is 0 Å². The number of hydrogen-bond acceptors (Lipinski definition) is 0. The van der Waals surface area contributed by atoms with E-state index in [1.165, 1.54) is 24.8 Å². The second kappa shape index (κ2) is 8.19. The summed E-state index contributed by atoms with van der Waals surface area (Å²) in [6, 6.07) is 0. The van der Waals surface area contributed by atoms with Crippen molar-refractivity contribution in [3.63, 3.8) is 0 Å². The molecular formula is C15H20. The van der Waals surface area contributed by atoms with Crippen LogP contribution in [0.3, 0.4) is 0 Å². The van der Waals surface area contributed by atoms with Crippen LogP contribution >= 0.6 is 0 Å². The monoisotopic (exact) mass is 200 g/mol. The highest BCUT2D eigenvalue weighted by atomic mass is 14.0. The van der Waals surface area contributed by atoms with Gasteiger partial charge in [-0.05, 0) is 25.7 Å². The molecule has 0 spiro atoms. The van der Waals surface area contributed by atoms with E-state index >= 15 is 0 Å². The standard InChI is InChI=1S/C15H20/c1-15-13-11-9-7-5-3-2-4-6-8-10-12-14-15/h1-6,11-14H2. The zero-order valence-electron chi connectivity index (χ0n) is 9.57. The van der Waals surface area contributed by atoms with Crippen molar-refractivity contribution in [2.24, 2.45) is 0 Å². The minimum Gasteiger partial charge on any atom is -0.103 e. The molecule has 0 fully saturated rings. The first kappa shape index (κ1) is 11.9. The Morgan fingerprint density at radius 2 is 1.13 bits per heavy atom. The normalized spacial score (nSPS) is 19.1. The third-order valence-electron chi connectivity index (χ3n) is 2.56. The quantitative estimate of drug-likeness (QED) is 0.408. The van der Waals surface area contributed by atoms with E-state index in [1.54, 1.807) is 0 Å². The fourth-order valence-electron chi connectivity index (χ4n) is 1.56. The lowest BCUT2D eigenvalue weighted by Crippen LogP contribution is -1.82. The summed E-state index contributed by atoms with van der Waals surface area (Å²) in [4.78, 5) is 0. The largest absolute Gasteiger partial charge is 0.103 e. The minimum atomic E-state index is 0.978. The summed E-state index contributed by atoms with van der Waals surface area (Å²) in [6.07, 6.45) is 9.91. The summed E-state index contributed by atoms with van der Waals surface area (Å²) < 4.78 is 0. The van der Waals surface area contributed by atoms with Crippen molar-refractivity contribution in [3.8, 4) is 23.7 Å². The van der Waals surface area contributed by atoms with E-state index in [4.69, 9.17) is 0 Å². The molecule has 0 aromatic carbocycles. The van der Waals surface area contributed by atoms with Gasteiger partial charge in [0, 0.05) is 25.7 Å². The van der Waals surface area contributed by atoms with E-state index < -0.39 is 0 Å². The predicted molar refractivity (Wildman–Crippen MR) is 66.2 cm³/mol. The van der Waals surface area contributed by atoms with Crippen LogP contribution < -0.4 is 0 Å². The molecule has 0 saturated heterocycles. The van der Waals surface area contributed by atoms with Gasteiger partial charge in [0.25, 0.3) is 0 Å². The van der Waals surface area contributed by atoms with E-state index in [0.29, 0.717) is 0 Å². The molecular weight excluding hydrogens is 180 g/mol. The van der Waals surface area contributed by atoms with Crippen LogP contribution in [0.5, 0.6) is 0 Å². The van der Waals surface area contributed by atoms with Crippen molar-refractivity contribution in [3.05, 3.63) is 12.2 Å². The number of allylic oxidation sites excluding steroid dienone is 1. The molecule has 1 aliphatic carbocycles. The van der Waals surface area contributed by atoms with Crippen LogP contribution in [0, 0.1) is 23.7 Å². The molecule has 0 bridgehead atoms. The van der Waals surface area contributed by atoms with Crippen LogP contribution in [0.25, 0.3) is 0 Å².